The van der Waals surface area contributed by atoms with E-state index in [4.69, 9.17) is 0 Å². The summed E-state index contributed by atoms with van der Waals surface area (Å²) >= 11 is 0. The Morgan fingerprint density at radius 3 is 2.64 bits per heavy atom. The van der Waals surface area contributed by atoms with Crippen molar-refractivity contribution >= 4 is 22.4 Å². The Labute approximate surface area is 150 Å². The second-order valence-electron chi connectivity index (χ2n) is 6.60. The van der Waals surface area contributed by atoms with Gasteiger partial charge in [-0.1, -0.05) is 6.07 Å². The number of anilines is 2. The standard InChI is InChI=1S/C18H23N5OS/c1-21-14-25(24)17-13-15(3-4-16(17)21)5-8-22-9-11-23(12-10-22)18-19-6-2-7-20-18/h2-4,6-7,13H,5,8-12,14H2,1H3. The van der Waals surface area contributed by atoms with Crippen LogP contribution in [-0.2, 0) is 17.2 Å². The number of benzene rings is 1. The van der Waals surface area contributed by atoms with E-state index in [1.807, 2.05) is 13.1 Å². The third-order valence-corrected chi connectivity index (χ3v) is 6.35. The highest BCUT2D eigenvalue weighted by Gasteiger charge is 2.23. The second kappa shape index (κ2) is 7.09. The third-order valence-electron chi connectivity index (χ3n) is 4.92. The summed E-state index contributed by atoms with van der Waals surface area (Å²) < 4.78 is 12.1. The summed E-state index contributed by atoms with van der Waals surface area (Å²) in [6, 6.07) is 8.26. The topological polar surface area (TPSA) is 52.6 Å². The van der Waals surface area contributed by atoms with Gasteiger partial charge in [0.15, 0.2) is 0 Å². The van der Waals surface area contributed by atoms with Crippen LogP contribution in [0.25, 0.3) is 0 Å². The number of fused-ring (bicyclic) bond motifs is 1. The first-order valence-electron chi connectivity index (χ1n) is 8.67. The van der Waals surface area contributed by atoms with E-state index in [0.717, 1.165) is 55.7 Å². The maximum absolute atomic E-state index is 12.1. The van der Waals surface area contributed by atoms with Gasteiger partial charge < -0.3 is 9.80 Å². The van der Waals surface area contributed by atoms with Crippen molar-refractivity contribution in [2.24, 2.45) is 0 Å². The van der Waals surface area contributed by atoms with Crippen molar-refractivity contribution in [3.05, 3.63) is 42.2 Å². The van der Waals surface area contributed by atoms with E-state index < -0.39 is 10.8 Å². The van der Waals surface area contributed by atoms with Crippen LogP contribution in [-0.4, -0.2) is 64.7 Å². The van der Waals surface area contributed by atoms with Gasteiger partial charge in [0.1, 0.15) is 0 Å². The van der Waals surface area contributed by atoms with E-state index in [1.165, 1.54) is 5.56 Å². The summed E-state index contributed by atoms with van der Waals surface area (Å²) in [5, 5.41) is 0. The molecule has 132 valence electrons. The van der Waals surface area contributed by atoms with Crippen molar-refractivity contribution in [3.8, 4) is 0 Å². The van der Waals surface area contributed by atoms with E-state index in [-0.39, 0.29) is 0 Å². The molecule has 6 nitrogen and oxygen atoms in total. The molecule has 1 saturated heterocycles. The van der Waals surface area contributed by atoms with Gasteiger partial charge in [-0.3, -0.25) is 9.11 Å². The van der Waals surface area contributed by atoms with E-state index in [2.05, 4.69) is 42.9 Å². The van der Waals surface area contributed by atoms with E-state index >= 15 is 0 Å². The SMILES string of the molecule is CN1CS(=O)c2cc(CCN3CCN(c4ncccn4)CC3)ccc21. The number of hydrogen-bond donors (Lipinski definition) is 0. The average Bonchev–Trinajstić information content (AvgIpc) is 2.95. The predicted molar refractivity (Wildman–Crippen MR) is 101 cm³/mol. The molecule has 3 heterocycles. The van der Waals surface area contributed by atoms with Crippen molar-refractivity contribution in [2.75, 3.05) is 55.4 Å². The molecule has 25 heavy (non-hydrogen) atoms. The fraction of sp³-hybridized carbons (Fsp3) is 0.444. The number of nitrogens with zero attached hydrogens (tertiary/aromatic N) is 5. The summed E-state index contributed by atoms with van der Waals surface area (Å²) in [4.78, 5) is 16.4. The molecule has 0 bridgehead atoms. The lowest BCUT2D eigenvalue weighted by atomic mass is 10.1. The van der Waals surface area contributed by atoms with Gasteiger partial charge in [-0.15, -0.1) is 0 Å². The molecular weight excluding hydrogens is 334 g/mol. The molecule has 1 fully saturated rings. The van der Waals surface area contributed by atoms with Crippen LogP contribution in [0, 0.1) is 0 Å². The lowest BCUT2D eigenvalue weighted by Crippen LogP contribution is -2.47. The Morgan fingerprint density at radius 2 is 1.88 bits per heavy atom. The molecule has 1 atom stereocenters. The molecule has 2 aliphatic rings. The summed E-state index contributed by atoms with van der Waals surface area (Å²) in [5.74, 6) is 1.44. The zero-order valence-electron chi connectivity index (χ0n) is 14.5. The second-order valence-corrected chi connectivity index (χ2v) is 7.99. The van der Waals surface area contributed by atoms with Gasteiger partial charge in [-0.2, -0.15) is 0 Å². The van der Waals surface area contributed by atoms with Gasteiger partial charge in [0.2, 0.25) is 5.95 Å². The zero-order chi connectivity index (χ0) is 17.2. The first kappa shape index (κ1) is 16.5. The molecule has 0 radical (unpaired) electrons. The first-order valence-corrected chi connectivity index (χ1v) is 9.99. The number of aromatic nitrogens is 2. The Kier molecular flexibility index (Phi) is 4.67. The highest BCUT2D eigenvalue weighted by Crippen LogP contribution is 2.31. The molecule has 0 amide bonds. The smallest absolute Gasteiger partial charge is 0.225 e. The maximum Gasteiger partial charge on any atom is 0.225 e. The summed E-state index contributed by atoms with van der Waals surface area (Å²) in [6.07, 6.45) is 4.59. The van der Waals surface area contributed by atoms with Crippen LogP contribution in [0.5, 0.6) is 0 Å². The van der Waals surface area contributed by atoms with Gasteiger partial charge >= 0.3 is 0 Å². The lowest BCUT2D eigenvalue weighted by molar-refractivity contribution is 0.259. The maximum atomic E-state index is 12.1. The van der Waals surface area contributed by atoms with Crippen LogP contribution in [0.4, 0.5) is 11.6 Å². The molecule has 2 aliphatic heterocycles. The molecular formula is C18H23N5OS. The summed E-state index contributed by atoms with van der Waals surface area (Å²) in [7, 11) is 1.12. The highest BCUT2D eigenvalue weighted by atomic mass is 32.2. The van der Waals surface area contributed by atoms with Crippen LogP contribution in [0.3, 0.4) is 0 Å². The fourth-order valence-corrected chi connectivity index (χ4v) is 4.81. The lowest BCUT2D eigenvalue weighted by Gasteiger charge is -2.34. The predicted octanol–water partition coefficient (Wildman–Crippen LogP) is 1.36. The van der Waals surface area contributed by atoms with E-state index in [1.54, 1.807) is 12.4 Å². The first-order chi connectivity index (χ1) is 12.2. The van der Waals surface area contributed by atoms with Crippen molar-refractivity contribution in [3.63, 3.8) is 0 Å². The molecule has 7 heteroatoms. The average molecular weight is 357 g/mol. The van der Waals surface area contributed by atoms with Crippen LogP contribution in [0.2, 0.25) is 0 Å². The molecule has 1 unspecified atom stereocenters. The minimum atomic E-state index is -0.881. The van der Waals surface area contributed by atoms with Crippen molar-refractivity contribution in [2.45, 2.75) is 11.3 Å². The number of hydrogen-bond acceptors (Lipinski definition) is 6. The molecule has 1 aromatic carbocycles. The van der Waals surface area contributed by atoms with Crippen molar-refractivity contribution in [1.29, 1.82) is 0 Å². The molecule has 1 aromatic heterocycles. The summed E-state index contributed by atoms with van der Waals surface area (Å²) in [5.41, 5.74) is 2.38. The molecule has 0 spiro atoms. The molecule has 4 rings (SSSR count). The van der Waals surface area contributed by atoms with Gasteiger partial charge in [0.25, 0.3) is 0 Å². The normalized spacial score (nSPS) is 20.8. The van der Waals surface area contributed by atoms with Gasteiger partial charge in [0.05, 0.1) is 27.3 Å². The Hall–Kier alpha value is -1.99. The Morgan fingerprint density at radius 1 is 1.12 bits per heavy atom. The highest BCUT2D eigenvalue weighted by molar-refractivity contribution is 7.85. The fourth-order valence-electron chi connectivity index (χ4n) is 3.44. The van der Waals surface area contributed by atoms with Crippen LogP contribution >= 0.6 is 0 Å². The van der Waals surface area contributed by atoms with Crippen LogP contribution < -0.4 is 9.80 Å². The zero-order valence-corrected chi connectivity index (χ0v) is 15.3. The Balaban J connectivity index is 1.32. The number of rotatable bonds is 4. The van der Waals surface area contributed by atoms with Crippen molar-refractivity contribution < 1.29 is 4.21 Å². The molecule has 2 aromatic rings. The van der Waals surface area contributed by atoms with E-state index in [0.29, 0.717) is 5.88 Å². The van der Waals surface area contributed by atoms with Gasteiger partial charge in [0, 0.05) is 52.2 Å². The van der Waals surface area contributed by atoms with Crippen LogP contribution in [0.15, 0.2) is 41.6 Å². The van der Waals surface area contributed by atoms with Gasteiger partial charge in [-0.05, 0) is 30.2 Å². The minimum Gasteiger partial charge on any atom is -0.361 e. The largest absolute Gasteiger partial charge is 0.361 e. The number of piperazine rings is 1. The summed E-state index contributed by atoms with van der Waals surface area (Å²) in [6.45, 7) is 5.01. The molecule has 0 N–H and O–H groups in total. The minimum absolute atomic E-state index is 0.613. The quantitative estimate of drug-likeness (QED) is 0.824. The van der Waals surface area contributed by atoms with E-state index in [9.17, 15) is 4.21 Å². The Bertz CT molecular complexity index is 761. The molecule has 0 saturated carbocycles. The monoisotopic (exact) mass is 357 g/mol. The van der Waals surface area contributed by atoms with Crippen LogP contribution in [0.1, 0.15) is 5.56 Å². The van der Waals surface area contributed by atoms with Gasteiger partial charge in [-0.25, -0.2) is 9.97 Å². The third kappa shape index (κ3) is 3.52. The van der Waals surface area contributed by atoms with Crippen molar-refractivity contribution in [1.82, 2.24) is 14.9 Å². The molecule has 0 aliphatic carbocycles.